The molecule has 0 spiro atoms. The van der Waals surface area contributed by atoms with Crippen molar-refractivity contribution in [2.45, 2.75) is 19.4 Å². The van der Waals surface area contributed by atoms with Crippen LogP contribution in [0.25, 0.3) is 0 Å². The molecule has 0 aliphatic carbocycles. The van der Waals surface area contributed by atoms with Gasteiger partial charge in [0, 0.05) is 6.61 Å². The van der Waals surface area contributed by atoms with E-state index < -0.39 is 23.3 Å². The van der Waals surface area contributed by atoms with Gasteiger partial charge in [-0.15, -0.1) is 0 Å². The minimum Gasteiger partial charge on any atom is -0.544 e. The fourth-order valence-corrected chi connectivity index (χ4v) is 1.21. The first-order valence-electron chi connectivity index (χ1n) is 4.90. The highest BCUT2D eigenvalue weighted by Gasteiger charge is 2.24. The second kappa shape index (κ2) is 6.73. The quantitative estimate of drug-likeness (QED) is 0.291. The lowest BCUT2D eigenvalue weighted by Gasteiger charge is -2.27. The van der Waals surface area contributed by atoms with Gasteiger partial charge in [0.05, 0.1) is 19.6 Å². The molecule has 0 aromatic carbocycles. The zero-order valence-electron chi connectivity index (χ0n) is 9.18. The summed E-state index contributed by atoms with van der Waals surface area (Å²) in [7, 11) is 1.29. The van der Waals surface area contributed by atoms with Crippen molar-refractivity contribution in [1.82, 2.24) is 0 Å². The number of likely N-dealkylation sites (N-methyl/N-ethyl adjacent to an activating group) is 1. The van der Waals surface area contributed by atoms with E-state index in [4.69, 9.17) is 4.74 Å². The number of quaternary nitrogens is 1. The maximum absolute atomic E-state index is 10.3. The van der Waals surface area contributed by atoms with E-state index in [1.165, 1.54) is 7.05 Å². The molecule has 15 heavy (non-hydrogen) atoms. The normalized spacial score (nSPS) is 17.1. The summed E-state index contributed by atoms with van der Waals surface area (Å²) in [4.78, 5) is 10.3. The third-order valence-corrected chi connectivity index (χ3v) is 1.73. The van der Waals surface area contributed by atoms with E-state index in [-0.39, 0.29) is 13.2 Å². The molecule has 0 aromatic heterocycles. The first-order chi connectivity index (χ1) is 6.87. The Morgan fingerprint density at radius 2 is 2.20 bits per heavy atom. The Balaban J connectivity index is 3.82. The van der Waals surface area contributed by atoms with Crippen LogP contribution >= 0.6 is 0 Å². The lowest BCUT2D eigenvalue weighted by molar-refractivity contribution is -1.08. The van der Waals surface area contributed by atoms with Crippen LogP contribution in [-0.4, -0.2) is 60.4 Å². The van der Waals surface area contributed by atoms with Crippen molar-refractivity contribution in [1.29, 1.82) is 0 Å². The van der Waals surface area contributed by atoms with Crippen LogP contribution in [0.4, 0.5) is 0 Å². The van der Waals surface area contributed by atoms with Crippen LogP contribution in [0.2, 0.25) is 0 Å². The second-order valence-corrected chi connectivity index (χ2v) is 3.78. The summed E-state index contributed by atoms with van der Waals surface area (Å²) in [6.45, 7) is 1.92. The summed E-state index contributed by atoms with van der Waals surface area (Å²) >= 11 is 0. The molecule has 0 radical (unpaired) electrons. The molecule has 2 N–H and O–H groups in total. The van der Waals surface area contributed by atoms with Gasteiger partial charge in [-0.3, -0.25) is 0 Å². The van der Waals surface area contributed by atoms with E-state index in [0.29, 0.717) is 6.61 Å². The number of aliphatic carboxylic acids is 1. The van der Waals surface area contributed by atoms with E-state index >= 15 is 0 Å². The van der Waals surface area contributed by atoms with Gasteiger partial charge >= 0.3 is 0 Å². The van der Waals surface area contributed by atoms with E-state index in [2.05, 4.69) is 0 Å². The van der Waals surface area contributed by atoms with Gasteiger partial charge in [-0.05, 0) is 6.42 Å². The number of carboxylic acids is 1. The average molecular weight is 221 g/mol. The van der Waals surface area contributed by atoms with E-state index in [0.717, 1.165) is 6.42 Å². The zero-order valence-corrected chi connectivity index (χ0v) is 9.18. The second-order valence-electron chi connectivity index (χ2n) is 3.78. The Bertz CT molecular complexity index is 195. The van der Waals surface area contributed by atoms with Gasteiger partial charge in [-0.25, -0.2) is 5.21 Å². The maximum atomic E-state index is 10.3. The predicted molar refractivity (Wildman–Crippen MR) is 49.8 cm³/mol. The molecule has 0 amide bonds. The Morgan fingerprint density at radius 1 is 1.60 bits per heavy atom. The molecule has 0 rings (SSSR count). The van der Waals surface area contributed by atoms with Gasteiger partial charge in [0.1, 0.15) is 19.2 Å². The molecule has 0 aliphatic heterocycles. The molecule has 0 aliphatic rings. The molecule has 0 heterocycles. The maximum Gasteiger partial charge on any atom is 0.148 e. The highest BCUT2D eigenvalue weighted by molar-refractivity contribution is 5.65. The Kier molecular flexibility index (Phi) is 6.42. The summed E-state index contributed by atoms with van der Waals surface area (Å²) < 4.78 is 4.25. The van der Waals surface area contributed by atoms with Gasteiger partial charge in [0.2, 0.25) is 0 Å². The first kappa shape index (κ1) is 14.3. The van der Waals surface area contributed by atoms with Gasteiger partial charge in [-0.2, -0.15) is 4.65 Å². The minimum atomic E-state index is -1.36. The molecule has 2 unspecified atom stereocenters. The van der Waals surface area contributed by atoms with Crippen molar-refractivity contribution in [3.8, 4) is 0 Å². The van der Waals surface area contributed by atoms with Gasteiger partial charge in [0.15, 0.2) is 0 Å². The summed E-state index contributed by atoms with van der Waals surface area (Å²) in [5.74, 6) is -1.36. The van der Waals surface area contributed by atoms with Crippen molar-refractivity contribution >= 4 is 5.97 Å². The molecule has 0 fully saturated rings. The van der Waals surface area contributed by atoms with Crippen molar-refractivity contribution in [2.75, 3.05) is 33.4 Å². The molecule has 90 valence electrons. The number of rotatable bonds is 8. The standard InChI is InChI=1S/C9H19NO5/c1-3-4-15-7-8(11)5-10(2,14)6-9(12)13/h8,11,14H,3-7H2,1-2H3. The van der Waals surface area contributed by atoms with Crippen LogP contribution in [0.3, 0.4) is 0 Å². The molecular weight excluding hydrogens is 202 g/mol. The van der Waals surface area contributed by atoms with E-state index in [9.17, 15) is 20.2 Å². The van der Waals surface area contributed by atoms with Crippen LogP contribution < -0.4 is 5.11 Å². The van der Waals surface area contributed by atoms with Crippen molar-refractivity contribution < 1.29 is 29.6 Å². The molecule has 0 bridgehead atoms. The van der Waals surface area contributed by atoms with Crippen LogP contribution in [0.5, 0.6) is 0 Å². The van der Waals surface area contributed by atoms with Crippen molar-refractivity contribution in [3.63, 3.8) is 0 Å². The number of nitrogens with zero attached hydrogens (tertiary/aromatic N) is 1. The zero-order chi connectivity index (χ0) is 11.9. The van der Waals surface area contributed by atoms with Crippen molar-refractivity contribution in [2.24, 2.45) is 0 Å². The molecule has 0 saturated heterocycles. The van der Waals surface area contributed by atoms with Crippen LogP contribution in [-0.2, 0) is 9.53 Å². The SMILES string of the molecule is CCCOCC(O)C[N+](C)(O)CC(=O)[O-]. The van der Waals surface area contributed by atoms with Gasteiger partial charge in [0.25, 0.3) is 0 Å². The number of carbonyl (C=O) groups is 1. The summed E-state index contributed by atoms with van der Waals surface area (Å²) in [5.41, 5.74) is 0. The summed E-state index contributed by atoms with van der Waals surface area (Å²) in [6.07, 6.45) is -0.0392. The third kappa shape index (κ3) is 8.31. The number of carboxylic acid groups (broad SMARTS) is 1. The molecule has 0 saturated carbocycles. The fourth-order valence-electron chi connectivity index (χ4n) is 1.21. The number of ether oxygens (including phenoxy) is 1. The van der Waals surface area contributed by atoms with Crippen LogP contribution in [0.1, 0.15) is 13.3 Å². The predicted octanol–water partition coefficient (Wildman–Crippen LogP) is -1.64. The lowest BCUT2D eigenvalue weighted by Crippen LogP contribution is -2.52. The van der Waals surface area contributed by atoms with Crippen LogP contribution in [0, 0.1) is 0 Å². The summed E-state index contributed by atoms with van der Waals surface area (Å²) in [6, 6.07) is 0. The van der Waals surface area contributed by atoms with Crippen LogP contribution in [0.15, 0.2) is 0 Å². The van der Waals surface area contributed by atoms with Crippen molar-refractivity contribution in [3.05, 3.63) is 0 Å². The molecule has 6 nitrogen and oxygen atoms in total. The Hall–Kier alpha value is -0.690. The van der Waals surface area contributed by atoms with Gasteiger partial charge < -0.3 is 19.7 Å². The van der Waals surface area contributed by atoms with E-state index in [1.54, 1.807) is 0 Å². The molecule has 0 aromatic rings. The number of hydrogen-bond donors (Lipinski definition) is 2. The largest absolute Gasteiger partial charge is 0.544 e. The molecule has 2 atom stereocenters. The molecule has 6 heteroatoms. The number of aliphatic hydroxyl groups is 1. The monoisotopic (exact) mass is 221 g/mol. The fraction of sp³-hybridized carbons (Fsp3) is 0.889. The highest BCUT2D eigenvalue weighted by atomic mass is 16.6. The highest BCUT2D eigenvalue weighted by Crippen LogP contribution is 1.99. The summed E-state index contributed by atoms with van der Waals surface area (Å²) in [5, 5.41) is 29.2. The number of hydroxylamine groups is 3. The number of aliphatic hydroxyl groups excluding tert-OH is 1. The first-order valence-corrected chi connectivity index (χ1v) is 4.90. The Morgan fingerprint density at radius 3 is 2.67 bits per heavy atom. The number of carbonyl (C=O) groups excluding carboxylic acids is 1. The number of hydrogen-bond acceptors (Lipinski definition) is 5. The van der Waals surface area contributed by atoms with E-state index in [1.807, 2.05) is 6.92 Å². The van der Waals surface area contributed by atoms with Gasteiger partial charge in [-0.1, -0.05) is 6.92 Å². The third-order valence-electron chi connectivity index (χ3n) is 1.73. The lowest BCUT2D eigenvalue weighted by atomic mass is 10.3. The molecular formula is C9H19NO5. The topological polar surface area (TPSA) is 89.8 Å². The smallest absolute Gasteiger partial charge is 0.148 e. The Labute approximate surface area is 89.2 Å². The average Bonchev–Trinajstić information content (AvgIpc) is 2.00. The minimum absolute atomic E-state index is 0.0925.